The number of rotatable bonds is 0. The molecule has 0 fully saturated rings. The summed E-state index contributed by atoms with van der Waals surface area (Å²) in [5.74, 6) is 0. The van der Waals surface area contributed by atoms with Gasteiger partial charge in [-0.1, -0.05) is 30.3 Å². The van der Waals surface area contributed by atoms with Crippen molar-refractivity contribution in [2.45, 2.75) is 6.92 Å². The summed E-state index contributed by atoms with van der Waals surface area (Å²) in [5.41, 5.74) is 11.6. The number of hydrogen-bond donors (Lipinski definition) is 1. The maximum Gasteiger partial charge on any atom is 0.0551 e. The number of anilines is 2. The third-order valence-electron chi connectivity index (χ3n) is 4.04. The Morgan fingerprint density at radius 2 is 1.90 bits per heavy atom. The van der Waals surface area contributed by atoms with E-state index in [-0.39, 0.29) is 0 Å². The van der Waals surface area contributed by atoms with E-state index in [0.717, 1.165) is 11.4 Å². The first-order chi connectivity index (χ1) is 10.2. The van der Waals surface area contributed by atoms with Gasteiger partial charge < -0.3 is 10.6 Å². The number of nitrogen functional groups attached to an aromatic ring is 1. The highest BCUT2D eigenvalue weighted by atomic mass is 15.1. The van der Waals surface area contributed by atoms with Crippen LogP contribution in [-0.2, 0) is 0 Å². The topological polar surface area (TPSA) is 29.3 Å². The summed E-state index contributed by atoms with van der Waals surface area (Å²) in [6.07, 6.45) is 10.6. The van der Waals surface area contributed by atoms with Crippen LogP contribution < -0.4 is 21.1 Å². The van der Waals surface area contributed by atoms with E-state index in [0.29, 0.717) is 0 Å². The van der Waals surface area contributed by atoms with Crippen LogP contribution in [0.15, 0.2) is 60.8 Å². The van der Waals surface area contributed by atoms with Gasteiger partial charge in [-0.05, 0) is 48.1 Å². The zero-order valence-electron chi connectivity index (χ0n) is 11.9. The third-order valence-corrected chi connectivity index (χ3v) is 4.04. The zero-order valence-corrected chi connectivity index (χ0v) is 11.9. The number of nitrogens with two attached hydrogens (primary N) is 1. The van der Waals surface area contributed by atoms with Crippen molar-refractivity contribution in [3.05, 3.63) is 82.4 Å². The largest absolute Gasteiger partial charge is 0.399 e. The first-order valence-electron chi connectivity index (χ1n) is 7.09. The Morgan fingerprint density at radius 3 is 2.81 bits per heavy atom. The van der Waals surface area contributed by atoms with Crippen molar-refractivity contribution in [3.63, 3.8) is 0 Å². The summed E-state index contributed by atoms with van der Waals surface area (Å²) >= 11 is 0. The minimum Gasteiger partial charge on any atom is -0.399 e. The molecule has 2 aromatic rings. The number of allylic oxidation sites excluding steroid dienone is 2. The van der Waals surface area contributed by atoms with E-state index in [4.69, 9.17) is 5.73 Å². The van der Waals surface area contributed by atoms with Gasteiger partial charge in [-0.25, -0.2) is 0 Å². The van der Waals surface area contributed by atoms with Crippen LogP contribution in [0.1, 0.15) is 11.1 Å². The molecule has 2 aliphatic heterocycles. The Bertz CT molecular complexity index is 917. The lowest BCUT2D eigenvalue weighted by Gasteiger charge is -2.25. The van der Waals surface area contributed by atoms with Crippen LogP contribution in [0.3, 0.4) is 0 Å². The predicted molar refractivity (Wildman–Crippen MR) is 89.0 cm³/mol. The molecule has 2 aliphatic rings. The minimum atomic E-state index is 0.799. The number of aryl methyl sites for hydroxylation is 1. The second-order valence-electron chi connectivity index (χ2n) is 5.46. The van der Waals surface area contributed by atoms with Crippen LogP contribution >= 0.6 is 0 Å². The molecule has 2 heterocycles. The highest BCUT2D eigenvalue weighted by molar-refractivity contribution is 5.87. The van der Waals surface area contributed by atoms with E-state index in [2.05, 4.69) is 66.6 Å². The van der Waals surface area contributed by atoms with Crippen molar-refractivity contribution in [3.8, 4) is 0 Å². The molecular formula is C19H16N2. The van der Waals surface area contributed by atoms with Gasteiger partial charge in [0.2, 0.25) is 0 Å². The third kappa shape index (κ3) is 1.80. The summed E-state index contributed by atoms with van der Waals surface area (Å²) in [6, 6.07) is 12.6. The zero-order chi connectivity index (χ0) is 14.4. The molecule has 0 aromatic heterocycles. The van der Waals surface area contributed by atoms with Gasteiger partial charge in [-0.15, -0.1) is 0 Å². The van der Waals surface area contributed by atoms with Crippen molar-refractivity contribution in [2.75, 3.05) is 10.6 Å². The van der Waals surface area contributed by atoms with Crippen molar-refractivity contribution >= 4 is 23.1 Å². The van der Waals surface area contributed by atoms with E-state index < -0.39 is 0 Å². The van der Waals surface area contributed by atoms with Crippen LogP contribution in [0.5, 0.6) is 0 Å². The summed E-state index contributed by atoms with van der Waals surface area (Å²) in [6.45, 7) is 2.11. The average Bonchev–Trinajstić information content (AvgIpc) is 2.63. The van der Waals surface area contributed by atoms with E-state index in [1.165, 1.54) is 27.3 Å². The van der Waals surface area contributed by atoms with E-state index in [1.54, 1.807) is 0 Å². The van der Waals surface area contributed by atoms with Gasteiger partial charge in [0, 0.05) is 22.7 Å². The van der Waals surface area contributed by atoms with Crippen molar-refractivity contribution in [1.29, 1.82) is 0 Å². The smallest absolute Gasteiger partial charge is 0.0551 e. The molecule has 21 heavy (non-hydrogen) atoms. The number of benzene rings is 2. The fraction of sp³-hybridized carbons (Fsp3) is 0.0526. The quantitative estimate of drug-likeness (QED) is 0.746. The Labute approximate surface area is 123 Å². The first kappa shape index (κ1) is 12.0. The lowest BCUT2D eigenvalue weighted by atomic mass is 10.0. The lowest BCUT2D eigenvalue weighted by molar-refractivity contribution is 1.26. The van der Waals surface area contributed by atoms with Crippen molar-refractivity contribution in [1.82, 2.24) is 0 Å². The Morgan fingerprint density at radius 1 is 1.05 bits per heavy atom. The Balaban J connectivity index is 2.19. The highest BCUT2D eigenvalue weighted by Gasteiger charge is 2.18. The molecule has 0 amide bonds. The van der Waals surface area contributed by atoms with Crippen molar-refractivity contribution in [2.24, 2.45) is 0 Å². The number of fused-ring (bicyclic) bond motifs is 4. The molecule has 0 spiro atoms. The van der Waals surface area contributed by atoms with Crippen LogP contribution in [0.25, 0.3) is 11.8 Å². The second-order valence-corrected chi connectivity index (χ2v) is 5.46. The molecule has 0 atom stereocenters. The molecule has 0 bridgehead atoms. The summed E-state index contributed by atoms with van der Waals surface area (Å²) < 4.78 is 0. The van der Waals surface area contributed by atoms with Gasteiger partial charge in [-0.3, -0.25) is 0 Å². The second kappa shape index (κ2) is 4.38. The van der Waals surface area contributed by atoms with Crippen LogP contribution in [0.4, 0.5) is 11.4 Å². The minimum absolute atomic E-state index is 0.799. The maximum absolute atomic E-state index is 6.07. The Kier molecular flexibility index (Phi) is 2.51. The number of hydrogen-bond acceptors (Lipinski definition) is 2. The average molecular weight is 272 g/mol. The molecule has 2 nitrogen and oxygen atoms in total. The normalized spacial score (nSPS) is 14.9. The fourth-order valence-corrected chi connectivity index (χ4v) is 3.08. The first-order valence-corrected chi connectivity index (χ1v) is 7.09. The van der Waals surface area contributed by atoms with Gasteiger partial charge in [0.25, 0.3) is 0 Å². The van der Waals surface area contributed by atoms with E-state index in [9.17, 15) is 0 Å². The molecule has 0 aliphatic carbocycles. The van der Waals surface area contributed by atoms with Crippen LogP contribution in [0, 0.1) is 6.92 Å². The van der Waals surface area contributed by atoms with Crippen LogP contribution in [0.2, 0.25) is 0 Å². The molecule has 2 N–H and O–H groups in total. The predicted octanol–water partition coefficient (Wildman–Crippen LogP) is 2.42. The molecular weight excluding hydrogens is 256 g/mol. The highest BCUT2D eigenvalue weighted by Crippen LogP contribution is 2.32. The molecule has 4 rings (SSSR count). The molecule has 102 valence electrons. The molecule has 0 saturated carbocycles. The monoisotopic (exact) mass is 272 g/mol. The van der Waals surface area contributed by atoms with Gasteiger partial charge in [0.1, 0.15) is 0 Å². The molecule has 2 aromatic carbocycles. The van der Waals surface area contributed by atoms with Gasteiger partial charge in [0.05, 0.1) is 11.4 Å². The number of nitrogens with zero attached hydrogens (tertiary/aromatic N) is 1. The summed E-state index contributed by atoms with van der Waals surface area (Å²) in [7, 11) is 0. The molecule has 2 heteroatoms. The molecule has 0 saturated heterocycles. The molecule has 0 unspecified atom stereocenters. The van der Waals surface area contributed by atoms with Crippen molar-refractivity contribution < 1.29 is 0 Å². The molecule has 0 radical (unpaired) electrons. The SMILES string of the molecule is Cc1cc(N)cc2c1C=c1ccccc1=C1C=CC=CN12. The van der Waals surface area contributed by atoms with Crippen LogP contribution in [-0.4, -0.2) is 0 Å². The summed E-state index contributed by atoms with van der Waals surface area (Å²) in [5, 5.41) is 2.48. The van der Waals surface area contributed by atoms with Gasteiger partial charge in [-0.2, -0.15) is 0 Å². The van der Waals surface area contributed by atoms with E-state index in [1.807, 2.05) is 12.1 Å². The van der Waals surface area contributed by atoms with E-state index >= 15 is 0 Å². The van der Waals surface area contributed by atoms with Gasteiger partial charge >= 0.3 is 0 Å². The Hall–Kier alpha value is -2.74. The maximum atomic E-state index is 6.07. The lowest BCUT2D eigenvalue weighted by Crippen LogP contribution is -2.30. The standard InChI is InChI=1S/C19H16N2/c1-13-10-15(20)12-19-17(13)11-14-6-2-3-7-16(14)18-8-4-5-9-21(18)19/h2-12H,20H2,1H3. The fourth-order valence-electron chi connectivity index (χ4n) is 3.08. The van der Waals surface area contributed by atoms with Gasteiger partial charge in [0.15, 0.2) is 0 Å². The summed E-state index contributed by atoms with van der Waals surface area (Å²) in [4.78, 5) is 2.22.